The van der Waals surface area contributed by atoms with Crippen molar-refractivity contribution in [3.63, 3.8) is 0 Å². The molecule has 0 aliphatic carbocycles. The summed E-state index contributed by atoms with van der Waals surface area (Å²) in [6.45, 7) is 3.72. The number of hydrogen-bond acceptors (Lipinski definition) is 7. The van der Waals surface area contributed by atoms with Crippen LogP contribution in [0.3, 0.4) is 0 Å². The topological polar surface area (TPSA) is 149 Å². The maximum absolute atomic E-state index is 13.2. The van der Waals surface area contributed by atoms with Gasteiger partial charge in [-0.2, -0.15) is 5.10 Å². The SMILES string of the molecule is CC(C)n1c(=O)[nH]/c(=N\c2ccc(OC3CCC(C(N)=O)=NN3)cc2)n(Cc2ccc(Cl)cc2)c1=O. The van der Waals surface area contributed by atoms with E-state index in [-0.39, 0.29) is 23.9 Å². The van der Waals surface area contributed by atoms with Crippen LogP contribution in [-0.4, -0.2) is 32.0 Å². The summed E-state index contributed by atoms with van der Waals surface area (Å²) < 4.78 is 8.40. The van der Waals surface area contributed by atoms with Crippen molar-refractivity contribution in [1.29, 1.82) is 0 Å². The molecule has 4 N–H and O–H groups in total. The van der Waals surface area contributed by atoms with Gasteiger partial charge in [-0.1, -0.05) is 23.7 Å². The van der Waals surface area contributed by atoms with Gasteiger partial charge in [0, 0.05) is 23.9 Å². The molecule has 4 rings (SSSR count). The van der Waals surface area contributed by atoms with Crippen LogP contribution in [-0.2, 0) is 11.3 Å². The van der Waals surface area contributed by atoms with Gasteiger partial charge in [0.25, 0.3) is 5.91 Å². The second-order valence-corrected chi connectivity index (χ2v) is 8.95. The van der Waals surface area contributed by atoms with E-state index >= 15 is 0 Å². The minimum atomic E-state index is -0.556. The van der Waals surface area contributed by atoms with Gasteiger partial charge in [0.2, 0.25) is 5.62 Å². The van der Waals surface area contributed by atoms with Crippen LogP contribution >= 0.6 is 11.6 Å². The molecule has 1 atom stereocenters. The number of carbonyl (C=O) groups is 1. The van der Waals surface area contributed by atoms with E-state index in [1.807, 2.05) is 12.1 Å². The quantitative estimate of drug-likeness (QED) is 0.442. The number of nitrogens with two attached hydrogens (primary N) is 1. The molecule has 2 aromatic carbocycles. The normalized spacial score (nSPS) is 15.9. The third-order valence-electron chi connectivity index (χ3n) is 5.52. The Hall–Kier alpha value is -4.12. The molecule has 188 valence electrons. The number of primary amides is 1. The average Bonchev–Trinajstić information content (AvgIpc) is 2.84. The monoisotopic (exact) mass is 511 g/mol. The molecule has 1 aromatic heterocycles. The molecule has 11 nitrogen and oxygen atoms in total. The maximum Gasteiger partial charge on any atom is 0.335 e. The van der Waals surface area contributed by atoms with Gasteiger partial charge in [-0.25, -0.2) is 19.1 Å². The van der Waals surface area contributed by atoms with Crippen LogP contribution in [0, 0.1) is 0 Å². The first-order valence-electron chi connectivity index (χ1n) is 11.3. The summed E-state index contributed by atoms with van der Waals surface area (Å²) >= 11 is 5.99. The fraction of sp³-hybridized carbons (Fsp3) is 0.292. The van der Waals surface area contributed by atoms with Gasteiger partial charge in [0.15, 0.2) is 6.23 Å². The molecule has 12 heteroatoms. The zero-order valence-corrected chi connectivity index (χ0v) is 20.5. The Balaban J connectivity index is 1.63. The first kappa shape index (κ1) is 25.0. The van der Waals surface area contributed by atoms with Gasteiger partial charge in [0.05, 0.1) is 12.2 Å². The smallest absolute Gasteiger partial charge is 0.335 e. The molecule has 0 saturated carbocycles. The molecule has 36 heavy (non-hydrogen) atoms. The standard InChI is InChI=1S/C24H26ClN7O4/c1-14(2)32-23(34)28-22(31(24(32)35)13-15-3-5-16(25)6-4-15)27-17-7-9-18(10-8-17)36-20-12-11-19(21(26)33)29-30-20/h3-10,14,20,30H,11-13H2,1-2H3,(H2,26,33)(H,27,28,34). The van der Waals surface area contributed by atoms with Crippen molar-refractivity contribution in [1.82, 2.24) is 19.5 Å². The number of carbonyl (C=O) groups excluding carboxylic acids is 1. The number of amides is 1. The molecule has 3 aromatic rings. The first-order valence-corrected chi connectivity index (χ1v) is 11.7. The highest BCUT2D eigenvalue weighted by molar-refractivity contribution is 6.38. The van der Waals surface area contributed by atoms with Crippen molar-refractivity contribution in [3.05, 3.63) is 85.7 Å². The van der Waals surface area contributed by atoms with E-state index in [1.54, 1.807) is 50.2 Å². The molecule has 2 heterocycles. The Morgan fingerprint density at radius 2 is 1.89 bits per heavy atom. The highest BCUT2D eigenvalue weighted by Crippen LogP contribution is 2.20. The van der Waals surface area contributed by atoms with Crippen molar-refractivity contribution in [2.24, 2.45) is 15.8 Å². The zero-order chi connectivity index (χ0) is 25.8. The number of rotatable bonds is 7. The molecular formula is C24H26ClN7O4. The van der Waals surface area contributed by atoms with E-state index in [0.717, 1.165) is 10.1 Å². The number of nitrogens with one attached hydrogen (secondary N) is 2. The Morgan fingerprint density at radius 1 is 1.19 bits per heavy atom. The Labute approximate surface area is 210 Å². The lowest BCUT2D eigenvalue weighted by molar-refractivity contribution is -0.112. The summed E-state index contributed by atoms with van der Waals surface area (Å²) in [4.78, 5) is 44.3. The van der Waals surface area contributed by atoms with Gasteiger partial charge in [-0.05, 0) is 55.8 Å². The molecule has 0 spiro atoms. The molecule has 0 radical (unpaired) electrons. The van der Waals surface area contributed by atoms with E-state index < -0.39 is 23.5 Å². The maximum atomic E-state index is 13.2. The first-order chi connectivity index (χ1) is 17.2. The van der Waals surface area contributed by atoms with E-state index in [4.69, 9.17) is 22.1 Å². The number of aromatic amines is 1. The summed E-state index contributed by atoms with van der Waals surface area (Å²) in [5.41, 5.74) is 8.73. The summed E-state index contributed by atoms with van der Waals surface area (Å²) in [5, 5.41) is 4.52. The lowest BCUT2D eigenvalue weighted by Gasteiger charge is -2.22. The van der Waals surface area contributed by atoms with Crippen LogP contribution in [0.2, 0.25) is 5.02 Å². The number of hydrazone groups is 1. The van der Waals surface area contributed by atoms with Crippen molar-refractivity contribution in [2.75, 3.05) is 0 Å². The summed E-state index contributed by atoms with van der Waals surface area (Å²) in [5.74, 6) is 0.00116. The highest BCUT2D eigenvalue weighted by Gasteiger charge is 2.19. The van der Waals surface area contributed by atoms with Gasteiger partial charge in [-0.15, -0.1) is 0 Å². The zero-order valence-electron chi connectivity index (χ0n) is 19.8. The molecule has 1 unspecified atom stereocenters. The van der Waals surface area contributed by atoms with E-state index in [1.165, 1.54) is 4.57 Å². The number of hydrogen-bond donors (Lipinski definition) is 3. The number of ether oxygens (including phenoxy) is 1. The number of benzene rings is 2. The van der Waals surface area contributed by atoms with Crippen LogP contribution in [0.15, 0.2) is 68.2 Å². The van der Waals surface area contributed by atoms with Crippen LogP contribution in [0.25, 0.3) is 0 Å². The molecule has 0 bridgehead atoms. The summed E-state index contributed by atoms with van der Waals surface area (Å²) in [6.07, 6.45) is 0.548. The molecule has 0 fully saturated rings. The third-order valence-corrected chi connectivity index (χ3v) is 5.77. The third kappa shape index (κ3) is 5.74. The number of nitrogens with zero attached hydrogens (tertiary/aromatic N) is 4. The molecule has 1 aliphatic rings. The molecule has 0 saturated heterocycles. The van der Waals surface area contributed by atoms with E-state index in [0.29, 0.717) is 29.3 Å². The second kappa shape index (κ2) is 10.6. The number of H-pyrrole nitrogens is 1. The Morgan fingerprint density at radius 3 is 2.47 bits per heavy atom. The summed E-state index contributed by atoms with van der Waals surface area (Å²) in [6, 6.07) is 13.6. The fourth-order valence-electron chi connectivity index (χ4n) is 3.68. The van der Waals surface area contributed by atoms with Crippen LogP contribution < -0.4 is 32.9 Å². The minimum absolute atomic E-state index is 0.118. The van der Waals surface area contributed by atoms with Crippen molar-refractivity contribution >= 4 is 28.9 Å². The number of aromatic nitrogens is 3. The predicted molar refractivity (Wildman–Crippen MR) is 135 cm³/mol. The lowest BCUT2D eigenvalue weighted by Crippen LogP contribution is -2.50. The fourth-order valence-corrected chi connectivity index (χ4v) is 3.80. The highest BCUT2D eigenvalue weighted by atomic mass is 35.5. The van der Waals surface area contributed by atoms with E-state index in [2.05, 4.69) is 20.5 Å². The average molecular weight is 512 g/mol. The Kier molecular flexibility index (Phi) is 7.39. The second-order valence-electron chi connectivity index (χ2n) is 8.52. The van der Waals surface area contributed by atoms with Crippen LogP contribution in [0.4, 0.5) is 5.69 Å². The predicted octanol–water partition coefficient (Wildman–Crippen LogP) is 1.78. The minimum Gasteiger partial charge on any atom is -0.469 e. The number of halogens is 1. The van der Waals surface area contributed by atoms with Crippen molar-refractivity contribution < 1.29 is 9.53 Å². The van der Waals surface area contributed by atoms with Gasteiger partial charge >= 0.3 is 11.4 Å². The summed E-state index contributed by atoms with van der Waals surface area (Å²) in [7, 11) is 0. The van der Waals surface area contributed by atoms with Gasteiger partial charge in [-0.3, -0.25) is 19.8 Å². The van der Waals surface area contributed by atoms with Gasteiger partial charge in [0.1, 0.15) is 11.5 Å². The van der Waals surface area contributed by atoms with Crippen LogP contribution in [0.5, 0.6) is 5.75 Å². The van der Waals surface area contributed by atoms with E-state index in [9.17, 15) is 14.4 Å². The Bertz CT molecular complexity index is 1470. The van der Waals surface area contributed by atoms with Crippen LogP contribution in [0.1, 0.15) is 38.3 Å². The molecule has 1 aliphatic heterocycles. The lowest BCUT2D eigenvalue weighted by atomic mass is 10.1. The largest absolute Gasteiger partial charge is 0.469 e. The van der Waals surface area contributed by atoms with Crippen molar-refractivity contribution in [2.45, 2.75) is 45.5 Å². The molecule has 1 amide bonds. The van der Waals surface area contributed by atoms with Crippen molar-refractivity contribution in [3.8, 4) is 5.75 Å². The molecular weight excluding hydrogens is 486 g/mol. The van der Waals surface area contributed by atoms with Gasteiger partial charge < -0.3 is 10.5 Å².